The van der Waals surface area contributed by atoms with Gasteiger partial charge in [0.15, 0.2) is 0 Å². The lowest BCUT2D eigenvalue weighted by molar-refractivity contribution is 0.0696. The number of nitrogens with one attached hydrogen (secondary N) is 1. The van der Waals surface area contributed by atoms with Gasteiger partial charge in [0, 0.05) is 25.5 Å². The van der Waals surface area contributed by atoms with Crippen molar-refractivity contribution in [3.63, 3.8) is 0 Å². The average Bonchev–Trinajstić information content (AvgIpc) is 3.10. The lowest BCUT2D eigenvalue weighted by atomic mass is 10.2. The minimum atomic E-state index is -1.07. The smallest absolute Gasteiger partial charge is 0.335 e. The molecule has 0 saturated heterocycles. The van der Waals surface area contributed by atoms with Crippen molar-refractivity contribution in [2.24, 2.45) is 0 Å². The highest BCUT2D eigenvalue weighted by atomic mass is 19.1. The Morgan fingerprint density at radius 1 is 1.15 bits per heavy atom. The number of nitrogens with zero attached hydrogens (tertiary/aromatic N) is 3. The molecule has 0 spiro atoms. The number of hydrogen-bond acceptors (Lipinski definition) is 5. The van der Waals surface area contributed by atoms with Gasteiger partial charge in [0.2, 0.25) is 0 Å². The second-order valence-electron chi connectivity index (χ2n) is 6.00. The second-order valence-corrected chi connectivity index (χ2v) is 6.00. The first-order chi connectivity index (χ1) is 13.0. The summed E-state index contributed by atoms with van der Waals surface area (Å²) < 4.78 is 15.0. The number of imidazole rings is 1. The molecule has 27 heavy (non-hydrogen) atoms. The quantitative estimate of drug-likeness (QED) is 0.560. The van der Waals surface area contributed by atoms with Gasteiger partial charge in [0.25, 0.3) is 0 Å². The maximum atomic E-state index is 13.0. The topological polar surface area (TPSA) is 100 Å². The number of carboxylic acid groups (broad SMARTS) is 1. The Labute approximate surface area is 155 Å². The molecule has 0 saturated carbocycles. The molecule has 0 atom stereocenters. The van der Waals surface area contributed by atoms with Gasteiger partial charge in [-0.15, -0.1) is 0 Å². The van der Waals surface area contributed by atoms with Gasteiger partial charge in [-0.2, -0.15) is 0 Å². The molecule has 3 N–H and O–H groups in total. The first-order valence-corrected chi connectivity index (χ1v) is 8.34. The number of halogens is 1. The molecule has 0 aliphatic carbocycles. The first-order valence-electron chi connectivity index (χ1n) is 8.34. The van der Waals surface area contributed by atoms with Crippen molar-refractivity contribution in [3.8, 4) is 0 Å². The fourth-order valence-corrected chi connectivity index (χ4v) is 2.68. The van der Waals surface area contributed by atoms with Crippen LogP contribution < -0.4 is 5.32 Å². The van der Waals surface area contributed by atoms with E-state index in [0.717, 1.165) is 11.4 Å². The third kappa shape index (κ3) is 4.96. The molecule has 3 rings (SSSR count). The summed E-state index contributed by atoms with van der Waals surface area (Å²) in [6, 6.07) is 9.11. The van der Waals surface area contributed by atoms with E-state index < -0.39 is 5.97 Å². The first kappa shape index (κ1) is 18.7. The third-order valence-electron chi connectivity index (χ3n) is 4.00. The van der Waals surface area contributed by atoms with Gasteiger partial charge in [-0.25, -0.2) is 14.2 Å². The van der Waals surface area contributed by atoms with Crippen molar-refractivity contribution < 1.29 is 19.4 Å². The van der Waals surface area contributed by atoms with Crippen LogP contribution in [0.2, 0.25) is 0 Å². The van der Waals surface area contributed by atoms with Gasteiger partial charge in [-0.1, -0.05) is 12.1 Å². The molecule has 0 aliphatic heterocycles. The average molecular weight is 370 g/mol. The number of aliphatic hydroxyl groups excluding tert-OH is 1. The molecular formula is C19H19FN4O3. The molecule has 8 heteroatoms. The zero-order valence-corrected chi connectivity index (χ0v) is 14.5. The van der Waals surface area contributed by atoms with E-state index in [0.29, 0.717) is 31.0 Å². The summed E-state index contributed by atoms with van der Waals surface area (Å²) in [7, 11) is 0. The van der Waals surface area contributed by atoms with E-state index in [1.807, 2.05) is 10.8 Å². The highest BCUT2D eigenvalue weighted by Crippen LogP contribution is 2.09. The highest BCUT2D eigenvalue weighted by Gasteiger charge is 2.09. The summed E-state index contributed by atoms with van der Waals surface area (Å²) in [5.74, 6) is -0.552. The van der Waals surface area contributed by atoms with Gasteiger partial charge >= 0.3 is 5.97 Å². The Bertz CT molecular complexity index is 925. The largest absolute Gasteiger partial charge is 0.478 e. The summed E-state index contributed by atoms with van der Waals surface area (Å²) >= 11 is 0. The molecule has 1 aromatic carbocycles. The molecule has 0 radical (unpaired) electrons. The Morgan fingerprint density at radius 2 is 1.89 bits per heavy atom. The van der Waals surface area contributed by atoms with Crippen molar-refractivity contribution in [2.75, 3.05) is 0 Å². The standard InChI is InChI=1S/C19H19FN4O3/c20-15-3-1-13(2-4-15)11-24-6-5-22-18(24)10-21-9-16-7-14(19(26)27)8-17(12-25)23-16/h1-8,21,25H,9-12H2,(H,26,27). The molecular weight excluding hydrogens is 351 g/mol. The number of aromatic nitrogens is 3. The molecule has 2 heterocycles. The van der Waals surface area contributed by atoms with Crippen molar-refractivity contribution >= 4 is 5.97 Å². The van der Waals surface area contributed by atoms with Gasteiger partial charge in [-0.3, -0.25) is 4.98 Å². The number of rotatable bonds is 8. The summed E-state index contributed by atoms with van der Waals surface area (Å²) in [6.07, 6.45) is 3.53. The minimum absolute atomic E-state index is 0.0867. The number of carboxylic acids is 1. The number of pyridine rings is 1. The van der Waals surface area contributed by atoms with Crippen LogP contribution in [-0.4, -0.2) is 30.7 Å². The van der Waals surface area contributed by atoms with Gasteiger partial charge in [0.1, 0.15) is 11.6 Å². The Balaban J connectivity index is 1.63. The molecule has 3 aromatic rings. The minimum Gasteiger partial charge on any atom is -0.478 e. The van der Waals surface area contributed by atoms with Crippen LogP contribution in [-0.2, 0) is 26.2 Å². The normalized spacial score (nSPS) is 10.9. The molecule has 0 aliphatic rings. The summed E-state index contributed by atoms with van der Waals surface area (Å²) in [5, 5.41) is 21.5. The van der Waals surface area contributed by atoms with Crippen LogP contribution in [0.25, 0.3) is 0 Å². The monoisotopic (exact) mass is 370 g/mol. The van der Waals surface area contributed by atoms with E-state index in [1.165, 1.54) is 24.3 Å². The predicted octanol–water partition coefficient (Wildman–Crippen LogP) is 1.95. The van der Waals surface area contributed by atoms with Gasteiger partial charge in [-0.05, 0) is 29.8 Å². The molecule has 140 valence electrons. The van der Waals surface area contributed by atoms with Gasteiger partial charge in [0.05, 0.1) is 30.1 Å². The summed E-state index contributed by atoms with van der Waals surface area (Å²) in [6.45, 7) is 1.02. The van der Waals surface area contributed by atoms with Crippen molar-refractivity contribution in [2.45, 2.75) is 26.2 Å². The SMILES string of the molecule is O=C(O)c1cc(CO)nc(CNCc2nccn2Cc2ccc(F)cc2)c1. The maximum absolute atomic E-state index is 13.0. The van der Waals surface area contributed by atoms with E-state index in [9.17, 15) is 14.3 Å². The van der Waals surface area contributed by atoms with Gasteiger partial charge < -0.3 is 20.1 Å². The van der Waals surface area contributed by atoms with Crippen molar-refractivity contribution in [1.29, 1.82) is 0 Å². The zero-order valence-electron chi connectivity index (χ0n) is 14.5. The third-order valence-corrected chi connectivity index (χ3v) is 4.00. The van der Waals surface area contributed by atoms with Crippen molar-refractivity contribution in [1.82, 2.24) is 19.9 Å². The number of benzene rings is 1. The van der Waals surface area contributed by atoms with Crippen LogP contribution in [0.3, 0.4) is 0 Å². The highest BCUT2D eigenvalue weighted by molar-refractivity contribution is 5.87. The number of aromatic carboxylic acids is 1. The maximum Gasteiger partial charge on any atom is 0.335 e. The van der Waals surface area contributed by atoms with E-state index in [2.05, 4.69) is 15.3 Å². The van der Waals surface area contributed by atoms with Crippen LogP contribution >= 0.6 is 0 Å². The molecule has 0 fully saturated rings. The van der Waals surface area contributed by atoms with E-state index in [4.69, 9.17) is 5.11 Å². The Kier molecular flexibility index (Phi) is 5.90. The summed E-state index contributed by atoms with van der Waals surface area (Å²) in [5.41, 5.74) is 1.88. The molecule has 2 aromatic heterocycles. The Hall–Kier alpha value is -3.10. The molecule has 7 nitrogen and oxygen atoms in total. The number of carbonyl (C=O) groups is 1. The fourth-order valence-electron chi connectivity index (χ4n) is 2.68. The van der Waals surface area contributed by atoms with Crippen LogP contribution in [0, 0.1) is 5.82 Å². The van der Waals surface area contributed by atoms with Crippen LogP contribution in [0.5, 0.6) is 0 Å². The zero-order chi connectivity index (χ0) is 19.2. The fraction of sp³-hybridized carbons (Fsp3) is 0.211. The number of aliphatic hydroxyl groups is 1. The van der Waals surface area contributed by atoms with Crippen LogP contribution in [0.1, 0.15) is 33.1 Å². The Morgan fingerprint density at radius 3 is 2.59 bits per heavy atom. The van der Waals surface area contributed by atoms with Crippen LogP contribution in [0.4, 0.5) is 4.39 Å². The van der Waals surface area contributed by atoms with E-state index in [1.54, 1.807) is 18.3 Å². The summed E-state index contributed by atoms with van der Waals surface area (Å²) in [4.78, 5) is 19.7. The lowest BCUT2D eigenvalue weighted by Crippen LogP contribution is -2.18. The lowest BCUT2D eigenvalue weighted by Gasteiger charge is -2.10. The second kappa shape index (κ2) is 8.52. The van der Waals surface area contributed by atoms with E-state index in [-0.39, 0.29) is 18.0 Å². The molecule has 0 amide bonds. The van der Waals surface area contributed by atoms with Crippen molar-refractivity contribution in [3.05, 3.63) is 82.9 Å². The van der Waals surface area contributed by atoms with E-state index >= 15 is 0 Å². The number of hydrogen-bond donors (Lipinski definition) is 3. The predicted molar refractivity (Wildman–Crippen MR) is 95.4 cm³/mol. The molecule has 0 unspecified atom stereocenters. The molecule has 0 bridgehead atoms. The van der Waals surface area contributed by atoms with Crippen LogP contribution in [0.15, 0.2) is 48.8 Å².